The Balaban J connectivity index is 1.95. The average Bonchev–Trinajstić information content (AvgIpc) is 2.81. The van der Waals surface area contributed by atoms with Crippen LogP contribution in [0, 0.1) is 11.6 Å². The maximum Gasteiger partial charge on any atom is 0.151 e. The Labute approximate surface area is 116 Å². The van der Waals surface area contributed by atoms with Crippen LogP contribution in [0.25, 0.3) is 5.69 Å². The van der Waals surface area contributed by atoms with E-state index in [4.69, 9.17) is 5.73 Å². The minimum atomic E-state index is -0.636. The van der Waals surface area contributed by atoms with Gasteiger partial charge in [-0.2, -0.15) is 5.10 Å². The second-order valence-electron chi connectivity index (χ2n) is 5.34. The van der Waals surface area contributed by atoms with E-state index in [1.165, 1.54) is 36.1 Å². The van der Waals surface area contributed by atoms with Gasteiger partial charge in [-0.15, -0.1) is 0 Å². The van der Waals surface area contributed by atoms with Crippen LogP contribution in [0.5, 0.6) is 0 Å². The van der Waals surface area contributed by atoms with Gasteiger partial charge in [-0.1, -0.05) is 19.3 Å². The van der Waals surface area contributed by atoms with Crippen molar-refractivity contribution in [3.8, 4) is 5.69 Å². The zero-order valence-corrected chi connectivity index (χ0v) is 11.1. The van der Waals surface area contributed by atoms with Crippen LogP contribution in [0.2, 0.25) is 0 Å². The lowest BCUT2D eigenvalue weighted by Gasteiger charge is -2.20. The molecule has 2 aromatic rings. The van der Waals surface area contributed by atoms with Gasteiger partial charge in [0.2, 0.25) is 0 Å². The molecular weight excluding hydrogens is 260 g/mol. The summed E-state index contributed by atoms with van der Waals surface area (Å²) in [5.41, 5.74) is 7.66. The Bertz CT molecular complexity index is 616. The summed E-state index contributed by atoms with van der Waals surface area (Å²) in [4.78, 5) is 0. The summed E-state index contributed by atoms with van der Waals surface area (Å²) in [7, 11) is 0. The molecule has 3 rings (SSSR count). The van der Waals surface area contributed by atoms with Gasteiger partial charge >= 0.3 is 0 Å². The zero-order valence-electron chi connectivity index (χ0n) is 11.1. The number of halogens is 2. The van der Waals surface area contributed by atoms with Gasteiger partial charge in [0.25, 0.3) is 0 Å². The third kappa shape index (κ3) is 2.40. The van der Waals surface area contributed by atoms with Crippen LogP contribution in [0.15, 0.2) is 24.4 Å². The van der Waals surface area contributed by atoms with Crippen molar-refractivity contribution in [1.82, 2.24) is 9.78 Å². The molecule has 5 heteroatoms. The molecule has 1 fully saturated rings. The number of nitrogens with two attached hydrogens (primary N) is 1. The zero-order chi connectivity index (χ0) is 14.1. The molecule has 0 atom stereocenters. The van der Waals surface area contributed by atoms with E-state index in [0.717, 1.165) is 24.6 Å². The predicted octanol–water partition coefficient (Wildman–Crippen LogP) is 3.78. The first-order valence-corrected chi connectivity index (χ1v) is 6.95. The molecule has 0 bridgehead atoms. The average molecular weight is 277 g/mol. The van der Waals surface area contributed by atoms with Gasteiger partial charge in [-0.05, 0) is 25.0 Å². The summed E-state index contributed by atoms with van der Waals surface area (Å²) in [5, 5.41) is 4.42. The number of anilines is 1. The Morgan fingerprint density at radius 2 is 1.90 bits per heavy atom. The van der Waals surface area contributed by atoms with Gasteiger partial charge in [0, 0.05) is 12.0 Å². The van der Waals surface area contributed by atoms with Crippen molar-refractivity contribution in [1.29, 1.82) is 0 Å². The third-order valence-corrected chi connectivity index (χ3v) is 3.92. The second-order valence-corrected chi connectivity index (χ2v) is 5.34. The molecule has 1 heterocycles. The lowest BCUT2D eigenvalue weighted by atomic mass is 9.86. The number of nitrogens with zero attached hydrogens (tertiary/aromatic N) is 2. The highest BCUT2D eigenvalue weighted by Gasteiger charge is 2.21. The molecule has 1 aliphatic carbocycles. The number of hydrogen-bond donors (Lipinski definition) is 1. The summed E-state index contributed by atoms with van der Waals surface area (Å²) < 4.78 is 28.1. The predicted molar refractivity (Wildman–Crippen MR) is 73.7 cm³/mol. The van der Waals surface area contributed by atoms with E-state index in [2.05, 4.69) is 5.10 Å². The molecule has 106 valence electrons. The van der Waals surface area contributed by atoms with Gasteiger partial charge in [0.15, 0.2) is 5.82 Å². The van der Waals surface area contributed by atoms with Gasteiger partial charge < -0.3 is 5.73 Å². The Morgan fingerprint density at radius 3 is 2.60 bits per heavy atom. The summed E-state index contributed by atoms with van der Waals surface area (Å²) >= 11 is 0. The Kier molecular flexibility index (Phi) is 3.42. The fourth-order valence-corrected chi connectivity index (χ4v) is 2.88. The lowest BCUT2D eigenvalue weighted by Crippen LogP contribution is -2.08. The van der Waals surface area contributed by atoms with Crippen molar-refractivity contribution in [2.45, 2.75) is 38.0 Å². The van der Waals surface area contributed by atoms with Crippen LogP contribution in [0.3, 0.4) is 0 Å². The topological polar surface area (TPSA) is 43.8 Å². The van der Waals surface area contributed by atoms with E-state index in [9.17, 15) is 8.78 Å². The Hall–Kier alpha value is -1.91. The minimum Gasteiger partial charge on any atom is -0.396 e. The second kappa shape index (κ2) is 5.23. The first kappa shape index (κ1) is 13.1. The van der Waals surface area contributed by atoms with Crippen molar-refractivity contribution in [3.05, 3.63) is 41.7 Å². The standard InChI is InChI=1S/C15H17F2N3/c16-11-6-7-14(12(17)8-11)20-9-13(18)15(19-20)10-4-2-1-3-5-10/h6-10H,1-5,18H2. The largest absolute Gasteiger partial charge is 0.396 e. The molecule has 1 aromatic heterocycles. The van der Waals surface area contributed by atoms with Crippen LogP contribution in [-0.4, -0.2) is 9.78 Å². The number of hydrogen-bond acceptors (Lipinski definition) is 2. The molecule has 3 nitrogen and oxygen atoms in total. The van der Waals surface area contributed by atoms with Gasteiger partial charge in [0.05, 0.1) is 17.6 Å². The molecule has 0 saturated heterocycles. The summed E-state index contributed by atoms with van der Waals surface area (Å²) in [6, 6.07) is 3.45. The summed E-state index contributed by atoms with van der Waals surface area (Å²) in [6.45, 7) is 0. The molecule has 2 N–H and O–H groups in total. The fraction of sp³-hybridized carbons (Fsp3) is 0.400. The highest BCUT2D eigenvalue weighted by atomic mass is 19.1. The molecule has 1 aliphatic rings. The van der Waals surface area contributed by atoms with E-state index >= 15 is 0 Å². The molecule has 1 saturated carbocycles. The van der Waals surface area contributed by atoms with Gasteiger partial charge in [-0.3, -0.25) is 0 Å². The van der Waals surface area contributed by atoms with E-state index in [0.29, 0.717) is 11.6 Å². The highest BCUT2D eigenvalue weighted by Crippen LogP contribution is 2.35. The number of rotatable bonds is 2. The minimum absolute atomic E-state index is 0.222. The summed E-state index contributed by atoms with van der Waals surface area (Å²) in [6.07, 6.45) is 7.38. The highest BCUT2D eigenvalue weighted by molar-refractivity contribution is 5.46. The van der Waals surface area contributed by atoms with Crippen LogP contribution in [0.4, 0.5) is 14.5 Å². The van der Waals surface area contributed by atoms with Crippen LogP contribution in [-0.2, 0) is 0 Å². The van der Waals surface area contributed by atoms with Crippen LogP contribution < -0.4 is 5.73 Å². The summed E-state index contributed by atoms with van der Waals surface area (Å²) in [5.74, 6) is -0.880. The molecule has 0 spiro atoms. The molecular formula is C15H17F2N3. The maximum absolute atomic E-state index is 13.8. The van der Waals surface area contributed by atoms with Crippen molar-refractivity contribution in [2.24, 2.45) is 0 Å². The van der Waals surface area contributed by atoms with Crippen molar-refractivity contribution >= 4 is 5.69 Å². The van der Waals surface area contributed by atoms with Crippen molar-refractivity contribution in [2.75, 3.05) is 5.73 Å². The third-order valence-electron chi connectivity index (χ3n) is 3.92. The monoisotopic (exact) mass is 277 g/mol. The van der Waals surface area contributed by atoms with Gasteiger partial charge in [-0.25, -0.2) is 13.5 Å². The number of benzene rings is 1. The molecule has 0 aliphatic heterocycles. The van der Waals surface area contributed by atoms with E-state index in [-0.39, 0.29) is 5.69 Å². The molecule has 1 aromatic carbocycles. The van der Waals surface area contributed by atoms with Crippen molar-refractivity contribution in [3.63, 3.8) is 0 Å². The van der Waals surface area contributed by atoms with E-state index < -0.39 is 11.6 Å². The number of aromatic nitrogens is 2. The molecule has 0 unspecified atom stereocenters. The smallest absolute Gasteiger partial charge is 0.151 e. The van der Waals surface area contributed by atoms with Crippen LogP contribution in [0.1, 0.15) is 43.7 Å². The number of nitrogen functional groups attached to an aromatic ring is 1. The Morgan fingerprint density at radius 1 is 1.15 bits per heavy atom. The SMILES string of the molecule is Nc1cn(-c2ccc(F)cc2F)nc1C1CCCCC1. The van der Waals surface area contributed by atoms with Crippen LogP contribution >= 0.6 is 0 Å². The van der Waals surface area contributed by atoms with E-state index in [1.54, 1.807) is 6.20 Å². The fourth-order valence-electron chi connectivity index (χ4n) is 2.88. The molecule has 0 amide bonds. The lowest BCUT2D eigenvalue weighted by molar-refractivity contribution is 0.435. The first-order valence-electron chi connectivity index (χ1n) is 6.95. The maximum atomic E-state index is 13.8. The molecule has 0 radical (unpaired) electrons. The first-order chi connectivity index (χ1) is 9.65. The molecule has 20 heavy (non-hydrogen) atoms. The van der Waals surface area contributed by atoms with E-state index in [1.807, 2.05) is 0 Å². The normalized spacial score (nSPS) is 16.5. The quantitative estimate of drug-likeness (QED) is 0.907. The van der Waals surface area contributed by atoms with Gasteiger partial charge in [0.1, 0.15) is 11.5 Å². The van der Waals surface area contributed by atoms with Crippen molar-refractivity contribution < 1.29 is 8.78 Å².